The Morgan fingerprint density at radius 2 is 1.83 bits per heavy atom. The van der Waals surface area contributed by atoms with Crippen molar-refractivity contribution < 1.29 is 0 Å². The third-order valence-corrected chi connectivity index (χ3v) is 4.07. The van der Waals surface area contributed by atoms with Crippen LogP contribution in [0.25, 0.3) is 0 Å². The molecule has 0 saturated heterocycles. The van der Waals surface area contributed by atoms with E-state index in [1.807, 2.05) is 6.07 Å². The summed E-state index contributed by atoms with van der Waals surface area (Å²) in [6, 6.07) is 11.2. The fourth-order valence-corrected chi connectivity index (χ4v) is 2.61. The Hall–Kier alpha value is -1.24. The van der Waals surface area contributed by atoms with Gasteiger partial charge in [-0.25, -0.2) is 0 Å². The summed E-state index contributed by atoms with van der Waals surface area (Å²) < 4.78 is 0. The van der Waals surface area contributed by atoms with Gasteiger partial charge in [0.05, 0.1) is 6.54 Å². The van der Waals surface area contributed by atoms with Crippen molar-refractivity contribution in [1.82, 2.24) is 10.6 Å². The molecule has 0 amide bonds. The summed E-state index contributed by atoms with van der Waals surface area (Å²) in [5.41, 5.74) is 1.15. The molecule has 0 spiro atoms. The van der Waals surface area contributed by atoms with Crippen LogP contribution in [0.3, 0.4) is 0 Å². The van der Waals surface area contributed by atoms with Gasteiger partial charge in [-0.2, -0.15) is 0 Å². The first-order valence-corrected chi connectivity index (χ1v) is 8.70. The lowest BCUT2D eigenvalue weighted by molar-refractivity contribution is 0.529. The van der Waals surface area contributed by atoms with Crippen LogP contribution in [0, 0.1) is 5.92 Å². The molecule has 1 aliphatic rings. The van der Waals surface area contributed by atoms with Crippen molar-refractivity contribution in [3.05, 3.63) is 42.5 Å². The Kier molecular flexibility index (Phi) is 9.83. The van der Waals surface area contributed by atoms with Crippen molar-refractivity contribution in [2.75, 3.05) is 18.4 Å². The predicted octanol–water partition coefficient (Wildman–Crippen LogP) is 4.01. The van der Waals surface area contributed by atoms with Crippen molar-refractivity contribution in [3.8, 4) is 0 Å². The zero-order valence-electron chi connectivity index (χ0n) is 15.0. The zero-order chi connectivity index (χ0) is 16.5. The highest BCUT2D eigenvalue weighted by molar-refractivity contribution is 14.0. The van der Waals surface area contributed by atoms with Crippen molar-refractivity contribution in [2.45, 2.75) is 45.7 Å². The Morgan fingerprint density at radius 1 is 1.17 bits per heavy atom. The average molecular weight is 442 g/mol. The van der Waals surface area contributed by atoms with E-state index < -0.39 is 0 Å². The molecule has 4 nitrogen and oxygen atoms in total. The van der Waals surface area contributed by atoms with Crippen LogP contribution >= 0.6 is 24.0 Å². The van der Waals surface area contributed by atoms with Crippen LogP contribution < -0.4 is 16.0 Å². The number of benzene rings is 1. The molecule has 3 N–H and O–H groups in total. The van der Waals surface area contributed by atoms with Gasteiger partial charge >= 0.3 is 0 Å². The number of anilines is 1. The topological polar surface area (TPSA) is 48.5 Å². The van der Waals surface area contributed by atoms with Crippen LogP contribution in [0.5, 0.6) is 0 Å². The zero-order valence-corrected chi connectivity index (χ0v) is 17.3. The van der Waals surface area contributed by atoms with Crippen molar-refractivity contribution in [3.63, 3.8) is 0 Å². The van der Waals surface area contributed by atoms with Crippen LogP contribution in [-0.2, 0) is 0 Å². The van der Waals surface area contributed by atoms with Crippen molar-refractivity contribution in [1.29, 1.82) is 0 Å². The maximum Gasteiger partial charge on any atom is 0.191 e. The van der Waals surface area contributed by atoms with Gasteiger partial charge in [0.1, 0.15) is 0 Å². The van der Waals surface area contributed by atoms with Gasteiger partial charge in [-0.3, -0.25) is 4.99 Å². The number of guanidine groups is 1. The van der Waals surface area contributed by atoms with Gasteiger partial charge in [-0.15, -0.1) is 24.0 Å². The Morgan fingerprint density at radius 3 is 2.42 bits per heavy atom. The van der Waals surface area contributed by atoms with E-state index in [1.165, 1.54) is 0 Å². The van der Waals surface area contributed by atoms with Crippen molar-refractivity contribution >= 4 is 35.6 Å². The minimum atomic E-state index is 0. The molecule has 1 aromatic rings. The van der Waals surface area contributed by atoms with E-state index in [9.17, 15) is 0 Å². The van der Waals surface area contributed by atoms with Crippen LogP contribution in [0.15, 0.2) is 47.5 Å². The standard InChI is InChI=1S/C19H30N4.HI/c1-4-20-19(23-17-12-8-9-13-17)21-14-18(15(2)3)22-16-10-6-5-7-11-16;/h5-11,15,17-18,22H,4,12-14H2,1-3H3,(H2,20,21,23);1H. The molecule has 0 saturated carbocycles. The number of rotatable bonds is 7. The van der Waals surface area contributed by atoms with Gasteiger partial charge in [0.25, 0.3) is 0 Å². The minimum absolute atomic E-state index is 0. The summed E-state index contributed by atoms with van der Waals surface area (Å²) >= 11 is 0. The summed E-state index contributed by atoms with van der Waals surface area (Å²) in [5, 5.41) is 10.5. The number of nitrogens with zero attached hydrogens (tertiary/aromatic N) is 1. The molecule has 2 rings (SSSR count). The second-order valence-corrected chi connectivity index (χ2v) is 6.36. The van der Waals surface area contributed by atoms with Crippen LogP contribution in [0.4, 0.5) is 5.69 Å². The molecule has 5 heteroatoms. The molecule has 1 aromatic carbocycles. The van der Waals surface area contributed by atoms with Crippen molar-refractivity contribution in [2.24, 2.45) is 10.9 Å². The Balaban J connectivity index is 0.00000288. The molecule has 0 heterocycles. The Bertz CT molecular complexity index is 505. The first kappa shape index (κ1) is 20.8. The van der Waals surface area contributed by atoms with E-state index in [1.54, 1.807) is 0 Å². The number of hydrogen-bond donors (Lipinski definition) is 3. The van der Waals surface area contributed by atoms with E-state index in [0.29, 0.717) is 18.0 Å². The molecular formula is C19H31IN4. The SMILES string of the molecule is CCNC(=NCC(Nc1ccccc1)C(C)C)NC1CC=CC1.I. The molecule has 0 bridgehead atoms. The quantitative estimate of drug-likeness (QED) is 0.259. The smallest absolute Gasteiger partial charge is 0.191 e. The fourth-order valence-electron chi connectivity index (χ4n) is 2.61. The van der Waals surface area contributed by atoms with Gasteiger partial charge in [-0.05, 0) is 37.8 Å². The molecule has 0 radical (unpaired) electrons. The van der Waals surface area contributed by atoms with Gasteiger partial charge in [0.2, 0.25) is 0 Å². The number of hydrogen-bond acceptors (Lipinski definition) is 2. The lowest BCUT2D eigenvalue weighted by Crippen LogP contribution is -2.43. The molecule has 0 aliphatic heterocycles. The number of halogens is 1. The van der Waals surface area contributed by atoms with Gasteiger partial charge in [-0.1, -0.05) is 44.2 Å². The van der Waals surface area contributed by atoms with Crippen LogP contribution in [-0.4, -0.2) is 31.1 Å². The first-order chi connectivity index (χ1) is 11.2. The number of nitrogens with one attached hydrogen (secondary N) is 3. The van der Waals surface area contributed by atoms with E-state index in [2.05, 4.69) is 73.1 Å². The molecule has 0 fully saturated rings. The van der Waals surface area contributed by atoms with E-state index >= 15 is 0 Å². The molecule has 1 aliphatic carbocycles. The summed E-state index contributed by atoms with van der Waals surface area (Å²) in [4.78, 5) is 4.80. The predicted molar refractivity (Wildman–Crippen MR) is 115 cm³/mol. The summed E-state index contributed by atoms with van der Waals surface area (Å²) in [6.07, 6.45) is 6.63. The monoisotopic (exact) mass is 442 g/mol. The number of para-hydroxylation sites is 1. The molecule has 134 valence electrons. The van der Waals surface area contributed by atoms with Crippen LogP contribution in [0.1, 0.15) is 33.6 Å². The summed E-state index contributed by atoms with van der Waals surface area (Å²) in [7, 11) is 0. The molecule has 1 atom stereocenters. The summed E-state index contributed by atoms with van der Waals surface area (Å²) in [5.74, 6) is 1.43. The normalized spacial score (nSPS) is 15.9. The van der Waals surface area contributed by atoms with Gasteiger partial charge < -0.3 is 16.0 Å². The second kappa shape index (κ2) is 11.3. The van der Waals surface area contributed by atoms with E-state index in [4.69, 9.17) is 4.99 Å². The third kappa shape index (κ3) is 7.11. The minimum Gasteiger partial charge on any atom is -0.380 e. The van der Waals surface area contributed by atoms with E-state index in [-0.39, 0.29) is 24.0 Å². The molecule has 24 heavy (non-hydrogen) atoms. The highest BCUT2D eigenvalue weighted by atomic mass is 127. The number of aliphatic imine (C=N–C) groups is 1. The van der Waals surface area contributed by atoms with E-state index in [0.717, 1.165) is 37.6 Å². The molecular weight excluding hydrogens is 411 g/mol. The largest absolute Gasteiger partial charge is 0.380 e. The highest BCUT2D eigenvalue weighted by Gasteiger charge is 2.15. The van der Waals surface area contributed by atoms with Crippen LogP contribution in [0.2, 0.25) is 0 Å². The van der Waals surface area contributed by atoms with Gasteiger partial charge in [0, 0.05) is 24.3 Å². The molecule has 0 aromatic heterocycles. The summed E-state index contributed by atoms with van der Waals surface area (Å²) in [6.45, 7) is 8.20. The Labute approximate surface area is 163 Å². The highest BCUT2D eigenvalue weighted by Crippen LogP contribution is 2.13. The third-order valence-electron chi connectivity index (χ3n) is 4.07. The van der Waals surface area contributed by atoms with Gasteiger partial charge in [0.15, 0.2) is 5.96 Å². The lowest BCUT2D eigenvalue weighted by atomic mass is 10.0. The first-order valence-electron chi connectivity index (χ1n) is 8.70. The average Bonchev–Trinajstić information content (AvgIpc) is 3.05. The lowest BCUT2D eigenvalue weighted by Gasteiger charge is -2.23. The second-order valence-electron chi connectivity index (χ2n) is 6.36. The fraction of sp³-hybridized carbons (Fsp3) is 0.526. The maximum absolute atomic E-state index is 4.80. The maximum atomic E-state index is 4.80. The molecule has 1 unspecified atom stereocenters.